The normalized spacial score (nSPS) is 12.1. The Hall–Kier alpha value is -1.44. The lowest BCUT2D eigenvalue weighted by Crippen LogP contribution is -2.26. The number of benzene rings is 1. The van der Waals surface area contributed by atoms with Crippen molar-refractivity contribution in [2.45, 2.75) is 25.9 Å². The fourth-order valence-corrected chi connectivity index (χ4v) is 1.40. The van der Waals surface area contributed by atoms with Gasteiger partial charge < -0.3 is 10.4 Å². The van der Waals surface area contributed by atoms with Crippen molar-refractivity contribution in [2.24, 2.45) is 0 Å². The van der Waals surface area contributed by atoms with Gasteiger partial charge in [0, 0.05) is 19.2 Å². The van der Waals surface area contributed by atoms with E-state index in [1.165, 1.54) is 18.2 Å². The lowest BCUT2D eigenvalue weighted by molar-refractivity contribution is 0.268. The third-order valence-corrected chi connectivity index (χ3v) is 2.39. The van der Waals surface area contributed by atoms with Crippen LogP contribution in [0.15, 0.2) is 18.2 Å². The molecule has 0 aromatic heterocycles. The van der Waals surface area contributed by atoms with Gasteiger partial charge in [-0.3, -0.25) is 0 Å². The van der Waals surface area contributed by atoms with Crippen LogP contribution in [0.2, 0.25) is 0 Å². The average molecular weight is 222 g/mol. The molecule has 1 unspecified atom stereocenters. The van der Waals surface area contributed by atoms with Crippen LogP contribution in [0.25, 0.3) is 0 Å². The van der Waals surface area contributed by atoms with Crippen LogP contribution in [0, 0.1) is 17.1 Å². The maximum absolute atomic E-state index is 13.0. The maximum Gasteiger partial charge on any atom is 0.123 e. The van der Waals surface area contributed by atoms with E-state index < -0.39 is 0 Å². The first-order chi connectivity index (χ1) is 7.67. The summed E-state index contributed by atoms with van der Waals surface area (Å²) in [6.07, 6.45) is 0.636. The molecule has 0 spiro atoms. The summed E-state index contributed by atoms with van der Waals surface area (Å²) < 4.78 is 13.0. The molecule has 0 bridgehead atoms. The van der Waals surface area contributed by atoms with Gasteiger partial charge in [-0.15, -0.1) is 0 Å². The second-order valence-electron chi connectivity index (χ2n) is 3.71. The zero-order valence-corrected chi connectivity index (χ0v) is 9.20. The number of hydrogen-bond donors (Lipinski definition) is 2. The Morgan fingerprint density at radius 2 is 2.31 bits per heavy atom. The van der Waals surface area contributed by atoms with Crippen molar-refractivity contribution >= 4 is 0 Å². The van der Waals surface area contributed by atoms with Crippen LogP contribution in [0.1, 0.15) is 24.5 Å². The summed E-state index contributed by atoms with van der Waals surface area (Å²) in [5.41, 5.74) is 1.12. The number of aliphatic hydroxyl groups excluding tert-OH is 1. The van der Waals surface area contributed by atoms with Crippen LogP contribution < -0.4 is 5.32 Å². The van der Waals surface area contributed by atoms with Crippen molar-refractivity contribution in [1.82, 2.24) is 5.32 Å². The van der Waals surface area contributed by atoms with Crippen LogP contribution in [0.3, 0.4) is 0 Å². The van der Waals surface area contributed by atoms with E-state index >= 15 is 0 Å². The smallest absolute Gasteiger partial charge is 0.123 e. The predicted molar refractivity (Wildman–Crippen MR) is 59.1 cm³/mol. The standard InChI is InChI=1S/C12H15FN2O/c1-9(4-5-16)15-8-11-6-12(13)3-2-10(11)7-14/h2-3,6,9,15-16H,4-5,8H2,1H3. The molecule has 1 aromatic rings. The van der Waals surface area contributed by atoms with E-state index in [1.54, 1.807) is 0 Å². The maximum atomic E-state index is 13.0. The summed E-state index contributed by atoms with van der Waals surface area (Å²) in [4.78, 5) is 0. The molecule has 16 heavy (non-hydrogen) atoms. The van der Waals surface area contributed by atoms with Crippen molar-refractivity contribution in [3.05, 3.63) is 35.1 Å². The lowest BCUT2D eigenvalue weighted by atomic mass is 10.1. The van der Waals surface area contributed by atoms with Gasteiger partial charge in [-0.05, 0) is 37.1 Å². The van der Waals surface area contributed by atoms with E-state index in [4.69, 9.17) is 10.4 Å². The minimum atomic E-state index is -0.342. The molecule has 1 rings (SSSR count). The molecule has 0 aliphatic heterocycles. The number of rotatable bonds is 5. The molecule has 2 N–H and O–H groups in total. The number of nitriles is 1. The summed E-state index contributed by atoms with van der Waals surface area (Å²) in [5, 5.41) is 20.7. The van der Waals surface area contributed by atoms with Gasteiger partial charge in [0.1, 0.15) is 5.82 Å². The van der Waals surface area contributed by atoms with Gasteiger partial charge in [-0.1, -0.05) is 0 Å². The van der Waals surface area contributed by atoms with Gasteiger partial charge in [-0.25, -0.2) is 4.39 Å². The van der Waals surface area contributed by atoms with Gasteiger partial charge in [-0.2, -0.15) is 5.26 Å². The zero-order chi connectivity index (χ0) is 12.0. The van der Waals surface area contributed by atoms with Crippen molar-refractivity contribution in [3.63, 3.8) is 0 Å². The van der Waals surface area contributed by atoms with Crippen LogP contribution in [0.4, 0.5) is 4.39 Å². The summed E-state index contributed by atoms with van der Waals surface area (Å²) in [6, 6.07) is 6.27. The molecule has 0 heterocycles. The first-order valence-corrected chi connectivity index (χ1v) is 5.20. The molecular weight excluding hydrogens is 207 g/mol. The highest BCUT2D eigenvalue weighted by atomic mass is 19.1. The fourth-order valence-electron chi connectivity index (χ4n) is 1.40. The number of halogens is 1. The Balaban J connectivity index is 2.66. The molecular formula is C12H15FN2O. The van der Waals surface area contributed by atoms with Gasteiger partial charge in [0.15, 0.2) is 0 Å². The Morgan fingerprint density at radius 3 is 2.94 bits per heavy atom. The SMILES string of the molecule is CC(CCO)NCc1cc(F)ccc1C#N. The molecule has 0 aliphatic carbocycles. The van der Waals surface area contributed by atoms with Crippen LogP contribution in [-0.2, 0) is 6.54 Å². The minimum absolute atomic E-state index is 0.114. The summed E-state index contributed by atoms with van der Waals surface area (Å²) in [6.45, 7) is 2.48. The predicted octanol–water partition coefficient (Wildman–Crippen LogP) is 1.56. The number of nitrogens with one attached hydrogen (secondary N) is 1. The highest BCUT2D eigenvalue weighted by molar-refractivity contribution is 5.37. The molecule has 0 amide bonds. The molecule has 3 nitrogen and oxygen atoms in total. The third-order valence-electron chi connectivity index (χ3n) is 2.39. The molecule has 0 aliphatic rings. The highest BCUT2D eigenvalue weighted by Gasteiger charge is 2.05. The second kappa shape index (κ2) is 6.21. The number of nitrogens with zero attached hydrogens (tertiary/aromatic N) is 1. The molecule has 1 aromatic carbocycles. The highest BCUT2D eigenvalue weighted by Crippen LogP contribution is 2.10. The largest absolute Gasteiger partial charge is 0.396 e. The quantitative estimate of drug-likeness (QED) is 0.794. The van der Waals surface area contributed by atoms with Crippen molar-refractivity contribution < 1.29 is 9.50 Å². The van der Waals surface area contributed by atoms with Gasteiger partial charge >= 0.3 is 0 Å². The van der Waals surface area contributed by atoms with Crippen LogP contribution >= 0.6 is 0 Å². The minimum Gasteiger partial charge on any atom is -0.396 e. The third kappa shape index (κ3) is 3.61. The van der Waals surface area contributed by atoms with Crippen LogP contribution in [-0.4, -0.2) is 17.8 Å². The monoisotopic (exact) mass is 222 g/mol. The fraction of sp³-hybridized carbons (Fsp3) is 0.417. The summed E-state index contributed by atoms with van der Waals surface area (Å²) in [7, 11) is 0. The number of aliphatic hydroxyl groups is 1. The lowest BCUT2D eigenvalue weighted by Gasteiger charge is -2.12. The first kappa shape index (κ1) is 12.6. The molecule has 0 fully saturated rings. The van der Waals surface area contributed by atoms with Crippen molar-refractivity contribution in [1.29, 1.82) is 5.26 Å². The average Bonchev–Trinajstić information content (AvgIpc) is 2.27. The van der Waals surface area contributed by atoms with E-state index in [1.807, 2.05) is 13.0 Å². The molecule has 0 radical (unpaired) electrons. The Labute approximate surface area is 94.5 Å². The first-order valence-electron chi connectivity index (χ1n) is 5.20. The molecule has 86 valence electrons. The van der Waals surface area contributed by atoms with E-state index in [9.17, 15) is 4.39 Å². The van der Waals surface area contributed by atoms with Gasteiger partial charge in [0.2, 0.25) is 0 Å². The topological polar surface area (TPSA) is 56.0 Å². The van der Waals surface area contributed by atoms with E-state index in [-0.39, 0.29) is 18.5 Å². The second-order valence-corrected chi connectivity index (χ2v) is 3.71. The molecule has 0 saturated carbocycles. The molecule has 1 atom stereocenters. The van der Waals surface area contributed by atoms with E-state index in [0.29, 0.717) is 24.1 Å². The molecule has 0 saturated heterocycles. The summed E-state index contributed by atoms with van der Waals surface area (Å²) >= 11 is 0. The van der Waals surface area contributed by atoms with Crippen LogP contribution in [0.5, 0.6) is 0 Å². The Kier molecular flexibility index (Phi) is 4.90. The van der Waals surface area contributed by atoms with Gasteiger partial charge in [0.05, 0.1) is 11.6 Å². The van der Waals surface area contributed by atoms with E-state index in [2.05, 4.69) is 5.32 Å². The Bertz CT molecular complexity index is 387. The van der Waals surface area contributed by atoms with Crippen molar-refractivity contribution in [2.75, 3.05) is 6.61 Å². The zero-order valence-electron chi connectivity index (χ0n) is 9.20. The Morgan fingerprint density at radius 1 is 1.56 bits per heavy atom. The van der Waals surface area contributed by atoms with Crippen molar-refractivity contribution in [3.8, 4) is 6.07 Å². The summed E-state index contributed by atoms with van der Waals surface area (Å²) in [5.74, 6) is -0.342. The van der Waals surface area contributed by atoms with E-state index in [0.717, 1.165) is 0 Å². The number of hydrogen-bond acceptors (Lipinski definition) is 3. The molecule has 4 heteroatoms. The van der Waals surface area contributed by atoms with Gasteiger partial charge in [0.25, 0.3) is 0 Å².